The van der Waals surface area contributed by atoms with Gasteiger partial charge in [0.15, 0.2) is 6.54 Å². The van der Waals surface area contributed by atoms with Gasteiger partial charge in [-0.3, -0.25) is 4.79 Å². The Hall–Kier alpha value is -0.740. The van der Waals surface area contributed by atoms with Crippen LogP contribution in [-0.4, -0.2) is 48.7 Å². The lowest BCUT2D eigenvalue weighted by Crippen LogP contribution is -2.40. The lowest BCUT2D eigenvalue weighted by molar-refractivity contribution is -0.861. The predicted molar refractivity (Wildman–Crippen MR) is 55.1 cm³/mol. The third kappa shape index (κ3) is 5.83. The third-order valence-corrected chi connectivity index (χ3v) is 2.28. The zero-order chi connectivity index (χ0) is 11.4. The summed E-state index contributed by atoms with van der Waals surface area (Å²) in [4.78, 5) is 22.0. The molecule has 0 saturated heterocycles. The van der Waals surface area contributed by atoms with Gasteiger partial charge < -0.3 is 14.5 Å². The minimum Gasteiger partial charge on any atom is -0.607 e. The van der Waals surface area contributed by atoms with E-state index in [9.17, 15) is 14.8 Å². The van der Waals surface area contributed by atoms with Gasteiger partial charge in [-0.15, -0.1) is 0 Å². The smallest absolute Gasteiger partial charge is 0.300 e. The fourth-order valence-corrected chi connectivity index (χ4v) is 1.67. The highest BCUT2D eigenvalue weighted by Crippen LogP contribution is 2.07. The number of nitrogens with one attached hydrogen (secondary N) is 1. The van der Waals surface area contributed by atoms with Crippen molar-refractivity contribution in [2.45, 2.75) is 0 Å². The maximum Gasteiger partial charge on any atom is 0.300 e. The number of carbonyl (C=O) groups excluding carboxylic acids is 1. The number of aliphatic hydroxyl groups excluding tert-OH is 1. The molecule has 0 aromatic carbocycles. The molecule has 0 heterocycles. The van der Waals surface area contributed by atoms with E-state index in [1.165, 1.54) is 0 Å². The van der Waals surface area contributed by atoms with Crippen molar-refractivity contribution in [3.05, 3.63) is 12.7 Å². The van der Waals surface area contributed by atoms with Crippen molar-refractivity contribution >= 4 is 19.3 Å². The fourth-order valence-electron chi connectivity index (χ4n) is 0.699. The molecule has 1 atom stereocenters. The van der Waals surface area contributed by atoms with E-state index in [-0.39, 0.29) is 12.0 Å². The van der Waals surface area contributed by atoms with Crippen LogP contribution in [0, 0.1) is 0 Å². The molecule has 0 spiro atoms. The topological polar surface area (TPSA) is 72.4 Å². The lowest BCUT2D eigenvalue weighted by Gasteiger charge is -2.21. The Labute approximate surface area is 84.8 Å². The number of carbonyl (C=O) groups is 1. The number of hydrogen-bond donors (Lipinski definition) is 2. The molecule has 0 aliphatic heterocycles. The summed E-state index contributed by atoms with van der Waals surface area (Å²) >= 11 is 0. The molecule has 0 aliphatic rings. The number of rotatable bonds is 4. The van der Waals surface area contributed by atoms with Crippen LogP contribution in [0.2, 0.25) is 0 Å². The van der Waals surface area contributed by atoms with Gasteiger partial charge in [-0.1, -0.05) is 6.58 Å². The molecule has 14 heavy (non-hydrogen) atoms. The van der Waals surface area contributed by atoms with Crippen molar-refractivity contribution in [3.8, 4) is 0 Å². The molecular formula is C8H16N2O3P+. The predicted octanol–water partition coefficient (Wildman–Crippen LogP) is -0.831. The van der Waals surface area contributed by atoms with E-state index >= 15 is 0 Å². The number of likely N-dealkylation sites (N-methyl/N-ethyl adjacent to an activating group) is 1. The summed E-state index contributed by atoms with van der Waals surface area (Å²) in [6.45, 7) is 3.44. The summed E-state index contributed by atoms with van der Waals surface area (Å²) in [5.41, 5.74) is -0.220. The minimum atomic E-state index is -2.22. The van der Waals surface area contributed by atoms with E-state index in [1.54, 1.807) is 0 Å². The van der Waals surface area contributed by atoms with Crippen molar-refractivity contribution < 1.29 is 19.3 Å². The van der Waals surface area contributed by atoms with E-state index in [0.29, 0.717) is 4.48 Å². The van der Waals surface area contributed by atoms with Gasteiger partial charge in [0, 0.05) is 0 Å². The molecule has 0 aromatic heterocycles. The molecule has 0 rings (SSSR count). The molecule has 5 nitrogen and oxygen atoms in total. The SMILES string of the molecule is C=CC(=O)N/[P+]([O-])=C(\O)C[N+](C)(C)C. The maximum absolute atomic E-state index is 11.3. The normalized spacial score (nSPS) is 13.2. The molecule has 0 fully saturated rings. The molecule has 6 heteroatoms. The summed E-state index contributed by atoms with van der Waals surface area (Å²) in [7, 11) is 3.31. The highest BCUT2D eigenvalue weighted by molar-refractivity contribution is 7.50. The van der Waals surface area contributed by atoms with Gasteiger partial charge >= 0.3 is 5.48 Å². The number of nitrogens with zero attached hydrogens (tertiary/aromatic N) is 1. The van der Waals surface area contributed by atoms with Crippen LogP contribution in [0.5, 0.6) is 0 Å². The van der Waals surface area contributed by atoms with Gasteiger partial charge in [-0.25, -0.2) is 0 Å². The summed E-state index contributed by atoms with van der Waals surface area (Å²) in [6.07, 6.45) is 1.01. The Morgan fingerprint density at radius 2 is 2.14 bits per heavy atom. The zero-order valence-electron chi connectivity index (χ0n) is 8.65. The number of amides is 1. The second kappa shape index (κ2) is 5.22. The Bertz CT molecular complexity index is 268. The van der Waals surface area contributed by atoms with Crippen molar-refractivity contribution in [1.82, 2.24) is 5.09 Å². The first-order chi connectivity index (χ1) is 6.26. The Kier molecular flexibility index (Phi) is 4.94. The molecule has 80 valence electrons. The van der Waals surface area contributed by atoms with Crippen LogP contribution >= 0.6 is 7.92 Å². The first kappa shape index (κ1) is 13.3. The van der Waals surface area contributed by atoms with Crippen LogP contribution < -0.4 is 9.98 Å². The molecule has 0 radical (unpaired) electrons. The van der Waals surface area contributed by atoms with E-state index in [1.807, 2.05) is 21.1 Å². The van der Waals surface area contributed by atoms with Gasteiger partial charge in [0.05, 0.1) is 21.1 Å². The van der Waals surface area contributed by atoms with Crippen LogP contribution in [0.15, 0.2) is 12.7 Å². The van der Waals surface area contributed by atoms with Crippen LogP contribution in [-0.2, 0) is 4.79 Å². The van der Waals surface area contributed by atoms with Crippen LogP contribution in [0.4, 0.5) is 0 Å². The van der Waals surface area contributed by atoms with Gasteiger partial charge in [-0.05, 0) is 6.08 Å². The highest BCUT2D eigenvalue weighted by atomic mass is 31.1. The second-order valence-corrected chi connectivity index (χ2v) is 5.17. The van der Waals surface area contributed by atoms with E-state index < -0.39 is 13.8 Å². The largest absolute Gasteiger partial charge is 0.607 e. The molecule has 0 aliphatic carbocycles. The Morgan fingerprint density at radius 3 is 2.50 bits per heavy atom. The highest BCUT2D eigenvalue weighted by Gasteiger charge is 2.18. The van der Waals surface area contributed by atoms with Gasteiger partial charge in [0.25, 0.3) is 5.91 Å². The monoisotopic (exact) mass is 219 g/mol. The first-order valence-electron chi connectivity index (χ1n) is 4.02. The average molecular weight is 219 g/mol. The molecule has 2 N–H and O–H groups in total. The third-order valence-electron chi connectivity index (χ3n) is 1.25. The molecule has 0 aromatic rings. The molecule has 1 amide bonds. The van der Waals surface area contributed by atoms with Crippen molar-refractivity contribution in [1.29, 1.82) is 0 Å². The Balaban J connectivity index is 4.44. The molecular weight excluding hydrogens is 203 g/mol. The van der Waals surface area contributed by atoms with Crippen LogP contribution in [0.1, 0.15) is 0 Å². The molecule has 0 bridgehead atoms. The first-order valence-corrected chi connectivity index (χ1v) is 5.28. The number of aliphatic hydroxyl groups is 1. The van der Waals surface area contributed by atoms with E-state index in [2.05, 4.69) is 11.7 Å². The number of hydrogen-bond acceptors (Lipinski definition) is 2. The fraction of sp³-hybridized carbons (Fsp3) is 0.500. The van der Waals surface area contributed by atoms with Crippen LogP contribution in [0.25, 0.3) is 0 Å². The Morgan fingerprint density at radius 1 is 1.64 bits per heavy atom. The second-order valence-electron chi connectivity index (χ2n) is 3.84. The van der Waals surface area contributed by atoms with Gasteiger partial charge in [0.1, 0.15) is 0 Å². The summed E-state index contributed by atoms with van der Waals surface area (Å²) in [5, 5.41) is 11.5. The number of quaternary nitrogens is 1. The molecule has 0 saturated carbocycles. The summed E-state index contributed by atoms with van der Waals surface area (Å²) < 4.78 is 0.441. The average Bonchev–Trinajstić information content (AvgIpc) is 2.00. The van der Waals surface area contributed by atoms with Gasteiger partial charge in [-0.2, -0.15) is 5.09 Å². The van der Waals surface area contributed by atoms with E-state index in [4.69, 9.17) is 0 Å². The van der Waals surface area contributed by atoms with Crippen molar-refractivity contribution in [2.24, 2.45) is 0 Å². The molecule has 1 unspecified atom stereocenters. The summed E-state index contributed by atoms with van der Waals surface area (Å²) in [6, 6.07) is 0. The quantitative estimate of drug-likeness (QED) is 0.368. The zero-order valence-corrected chi connectivity index (χ0v) is 9.54. The lowest BCUT2D eigenvalue weighted by atomic mass is 10.5. The van der Waals surface area contributed by atoms with Crippen molar-refractivity contribution in [2.75, 3.05) is 27.7 Å². The standard InChI is InChI=1S/C8H15N2O3P/c1-5-7(11)9-14(13)8(12)6-10(2,3)4/h5H,1,6H2,2-4H3,(H-,9,11,12)/p+1. The maximum atomic E-state index is 11.3. The van der Waals surface area contributed by atoms with Crippen molar-refractivity contribution in [3.63, 3.8) is 0 Å². The van der Waals surface area contributed by atoms with E-state index in [0.717, 1.165) is 6.08 Å². The minimum absolute atomic E-state index is 0.220. The van der Waals surface area contributed by atoms with Crippen LogP contribution in [0.3, 0.4) is 0 Å². The summed E-state index contributed by atoms with van der Waals surface area (Å²) in [5.74, 6) is -0.556. The van der Waals surface area contributed by atoms with Gasteiger partial charge in [0.2, 0.25) is 7.92 Å².